The number of morpholine rings is 1. The van der Waals surface area contributed by atoms with Crippen molar-refractivity contribution >= 4 is 17.7 Å². The van der Waals surface area contributed by atoms with Crippen LogP contribution in [0.3, 0.4) is 0 Å². The van der Waals surface area contributed by atoms with Gasteiger partial charge in [0.05, 0.1) is 13.2 Å². The first-order valence-corrected chi connectivity index (χ1v) is 7.84. The Labute approximate surface area is 118 Å². The molecule has 0 saturated carbocycles. The molecule has 0 unspecified atom stereocenters. The fourth-order valence-electron chi connectivity index (χ4n) is 1.97. The van der Waals surface area contributed by atoms with E-state index < -0.39 is 0 Å². The lowest BCUT2D eigenvalue weighted by atomic mass is 10.2. The van der Waals surface area contributed by atoms with Crippen LogP contribution in [0.5, 0.6) is 0 Å². The molecule has 1 fully saturated rings. The minimum Gasteiger partial charge on any atom is -0.378 e. The van der Waals surface area contributed by atoms with E-state index in [1.807, 2.05) is 41.2 Å². The highest BCUT2D eigenvalue weighted by Gasteiger charge is 2.15. The summed E-state index contributed by atoms with van der Waals surface area (Å²) in [4.78, 5) is 17.8. The number of amides is 1. The smallest absolute Gasteiger partial charge is 0.223 e. The van der Waals surface area contributed by atoms with E-state index in [9.17, 15) is 4.79 Å². The quantitative estimate of drug-likeness (QED) is 0.742. The monoisotopic (exact) mass is 280 g/mol. The average Bonchev–Trinajstić information content (AvgIpc) is 2.49. The first-order chi connectivity index (χ1) is 9.36. The summed E-state index contributed by atoms with van der Waals surface area (Å²) in [7, 11) is 0. The number of nitrogens with zero attached hydrogens (tertiary/aromatic N) is 2. The molecule has 1 aromatic rings. The van der Waals surface area contributed by atoms with Crippen LogP contribution in [0.1, 0.15) is 12.0 Å². The Morgan fingerprint density at radius 3 is 2.74 bits per heavy atom. The van der Waals surface area contributed by atoms with Gasteiger partial charge >= 0.3 is 0 Å². The van der Waals surface area contributed by atoms with Crippen LogP contribution in [0.4, 0.5) is 0 Å². The molecule has 0 aromatic carbocycles. The third-order valence-electron chi connectivity index (χ3n) is 3.11. The molecular formula is C14H20N2O2S. The van der Waals surface area contributed by atoms with Gasteiger partial charge in [-0.05, 0) is 29.9 Å². The number of hydrogen-bond acceptors (Lipinski definition) is 4. The maximum absolute atomic E-state index is 11.9. The van der Waals surface area contributed by atoms with Crippen molar-refractivity contribution in [3.05, 3.63) is 30.1 Å². The van der Waals surface area contributed by atoms with Crippen LogP contribution in [0, 0.1) is 0 Å². The highest BCUT2D eigenvalue weighted by molar-refractivity contribution is 7.99. The highest BCUT2D eigenvalue weighted by atomic mass is 32.2. The Morgan fingerprint density at radius 1 is 1.26 bits per heavy atom. The van der Waals surface area contributed by atoms with Crippen molar-refractivity contribution in [1.82, 2.24) is 9.88 Å². The van der Waals surface area contributed by atoms with E-state index in [4.69, 9.17) is 4.74 Å². The van der Waals surface area contributed by atoms with Crippen molar-refractivity contribution in [2.45, 2.75) is 12.8 Å². The second kappa shape index (κ2) is 8.17. The van der Waals surface area contributed by atoms with Crippen LogP contribution in [-0.2, 0) is 16.0 Å². The zero-order valence-corrected chi connectivity index (χ0v) is 11.9. The van der Waals surface area contributed by atoms with E-state index in [1.165, 1.54) is 5.56 Å². The molecule has 4 nitrogen and oxygen atoms in total. The van der Waals surface area contributed by atoms with E-state index >= 15 is 0 Å². The largest absolute Gasteiger partial charge is 0.378 e. The Balaban J connectivity index is 1.55. The second-order valence-corrected chi connectivity index (χ2v) is 5.69. The van der Waals surface area contributed by atoms with E-state index in [0.29, 0.717) is 19.6 Å². The Morgan fingerprint density at radius 2 is 2.00 bits per heavy atom. The number of thioether (sulfide) groups is 1. The molecule has 2 heterocycles. The van der Waals surface area contributed by atoms with E-state index in [-0.39, 0.29) is 5.91 Å². The van der Waals surface area contributed by atoms with Gasteiger partial charge in [-0.25, -0.2) is 0 Å². The van der Waals surface area contributed by atoms with Gasteiger partial charge in [-0.2, -0.15) is 11.8 Å². The molecular weight excluding hydrogens is 260 g/mol. The normalized spacial score (nSPS) is 15.5. The van der Waals surface area contributed by atoms with Crippen molar-refractivity contribution in [2.24, 2.45) is 0 Å². The molecule has 0 bridgehead atoms. The van der Waals surface area contributed by atoms with Crippen LogP contribution in [0.15, 0.2) is 24.5 Å². The number of aryl methyl sites for hydroxylation is 1. The van der Waals surface area contributed by atoms with Gasteiger partial charge in [-0.3, -0.25) is 9.78 Å². The van der Waals surface area contributed by atoms with Gasteiger partial charge < -0.3 is 9.64 Å². The number of carbonyl (C=O) groups is 1. The molecule has 0 N–H and O–H groups in total. The second-order valence-electron chi connectivity index (χ2n) is 4.46. The topological polar surface area (TPSA) is 42.4 Å². The Hall–Kier alpha value is -1.07. The Kier molecular flexibility index (Phi) is 6.17. The number of pyridine rings is 1. The molecule has 0 radical (unpaired) electrons. The third-order valence-corrected chi connectivity index (χ3v) is 4.09. The SMILES string of the molecule is O=C(CCSCCc1ccncc1)N1CCOCC1. The van der Waals surface area contributed by atoms with Crippen LogP contribution < -0.4 is 0 Å². The number of rotatable bonds is 6. The fraction of sp³-hybridized carbons (Fsp3) is 0.571. The van der Waals surface area contributed by atoms with Crippen molar-refractivity contribution in [3.63, 3.8) is 0 Å². The molecule has 1 saturated heterocycles. The molecule has 1 amide bonds. The first-order valence-electron chi connectivity index (χ1n) is 6.68. The maximum Gasteiger partial charge on any atom is 0.223 e. The molecule has 2 rings (SSSR count). The van der Waals surface area contributed by atoms with E-state index in [1.54, 1.807) is 0 Å². The van der Waals surface area contributed by atoms with Crippen LogP contribution in [0.2, 0.25) is 0 Å². The van der Waals surface area contributed by atoms with E-state index in [0.717, 1.165) is 31.0 Å². The van der Waals surface area contributed by atoms with Crippen molar-refractivity contribution in [3.8, 4) is 0 Å². The van der Waals surface area contributed by atoms with Gasteiger partial charge in [0.25, 0.3) is 0 Å². The summed E-state index contributed by atoms with van der Waals surface area (Å²) in [6, 6.07) is 4.08. The third kappa shape index (κ3) is 5.20. The van der Waals surface area contributed by atoms with Gasteiger partial charge in [-0.1, -0.05) is 0 Å². The van der Waals surface area contributed by atoms with Crippen molar-refractivity contribution in [1.29, 1.82) is 0 Å². The van der Waals surface area contributed by atoms with Crippen molar-refractivity contribution < 1.29 is 9.53 Å². The van der Waals surface area contributed by atoms with Gasteiger partial charge in [0.15, 0.2) is 0 Å². The summed E-state index contributed by atoms with van der Waals surface area (Å²) >= 11 is 1.84. The summed E-state index contributed by atoms with van der Waals surface area (Å²) in [5, 5.41) is 0. The summed E-state index contributed by atoms with van der Waals surface area (Å²) in [5.41, 5.74) is 1.31. The summed E-state index contributed by atoms with van der Waals surface area (Å²) < 4.78 is 5.24. The summed E-state index contributed by atoms with van der Waals surface area (Å²) in [6.07, 6.45) is 5.32. The zero-order valence-electron chi connectivity index (χ0n) is 11.1. The molecule has 104 valence electrons. The lowest BCUT2D eigenvalue weighted by Crippen LogP contribution is -2.40. The average molecular weight is 280 g/mol. The molecule has 0 atom stereocenters. The predicted molar refractivity (Wildman–Crippen MR) is 77.3 cm³/mol. The number of hydrogen-bond donors (Lipinski definition) is 0. The maximum atomic E-state index is 11.9. The van der Waals surface area contributed by atoms with Gasteiger partial charge in [0.2, 0.25) is 5.91 Å². The highest BCUT2D eigenvalue weighted by Crippen LogP contribution is 2.09. The summed E-state index contributed by atoms with van der Waals surface area (Å²) in [6.45, 7) is 2.86. The minimum absolute atomic E-state index is 0.264. The number of carbonyl (C=O) groups excluding carboxylic acids is 1. The molecule has 1 aromatic heterocycles. The van der Waals surface area contributed by atoms with Crippen LogP contribution >= 0.6 is 11.8 Å². The van der Waals surface area contributed by atoms with Crippen LogP contribution in [-0.4, -0.2) is 53.6 Å². The lowest BCUT2D eigenvalue weighted by molar-refractivity contribution is -0.134. The summed E-state index contributed by atoms with van der Waals surface area (Å²) in [5.74, 6) is 2.22. The van der Waals surface area contributed by atoms with E-state index in [2.05, 4.69) is 4.98 Å². The fourth-order valence-corrected chi connectivity index (χ4v) is 2.88. The molecule has 0 spiro atoms. The number of aromatic nitrogens is 1. The Bertz CT molecular complexity index is 380. The molecule has 5 heteroatoms. The van der Waals surface area contributed by atoms with Gasteiger partial charge in [0.1, 0.15) is 0 Å². The minimum atomic E-state index is 0.264. The predicted octanol–water partition coefficient (Wildman–Crippen LogP) is 1.61. The zero-order chi connectivity index (χ0) is 13.3. The van der Waals surface area contributed by atoms with Gasteiger partial charge in [-0.15, -0.1) is 0 Å². The molecule has 1 aliphatic heterocycles. The lowest BCUT2D eigenvalue weighted by Gasteiger charge is -2.26. The van der Waals surface area contributed by atoms with Gasteiger partial charge in [0, 0.05) is 37.7 Å². The van der Waals surface area contributed by atoms with Crippen molar-refractivity contribution in [2.75, 3.05) is 37.8 Å². The standard InChI is InChI=1S/C14H20N2O2S/c17-14(16-7-9-18-10-8-16)4-12-19-11-3-13-1-5-15-6-2-13/h1-2,5-6H,3-4,7-12H2. The van der Waals surface area contributed by atoms with Crippen LogP contribution in [0.25, 0.3) is 0 Å². The molecule has 0 aliphatic carbocycles. The first kappa shape index (κ1) is 14.3. The molecule has 1 aliphatic rings. The molecule has 19 heavy (non-hydrogen) atoms. The number of ether oxygens (including phenoxy) is 1.